The van der Waals surface area contributed by atoms with Crippen molar-refractivity contribution in [2.75, 3.05) is 0 Å². The molecule has 0 saturated carbocycles. The van der Waals surface area contributed by atoms with Gasteiger partial charge in [0, 0.05) is 24.2 Å². The van der Waals surface area contributed by atoms with Crippen molar-refractivity contribution in [3.05, 3.63) is 59.0 Å². The Hall–Kier alpha value is -2.52. The molecule has 3 aromatic rings. The van der Waals surface area contributed by atoms with E-state index in [9.17, 15) is 13.2 Å². The maximum atomic E-state index is 12.9. The minimum atomic E-state index is -4.49. The van der Waals surface area contributed by atoms with E-state index in [1.54, 1.807) is 12.1 Å². The van der Waals surface area contributed by atoms with Crippen LogP contribution in [0.25, 0.3) is 16.8 Å². The summed E-state index contributed by atoms with van der Waals surface area (Å²) < 4.78 is 40.1. The lowest BCUT2D eigenvalue weighted by molar-refractivity contribution is -0.137. The van der Waals surface area contributed by atoms with Gasteiger partial charge in [0.15, 0.2) is 0 Å². The third-order valence-electron chi connectivity index (χ3n) is 3.25. The Morgan fingerprint density at radius 3 is 2.64 bits per heavy atom. The highest BCUT2D eigenvalue weighted by Crippen LogP contribution is 2.35. The second-order valence-corrected chi connectivity index (χ2v) is 4.99. The second kappa shape index (κ2) is 5.04. The molecule has 0 aliphatic carbocycles. The average molecular weight is 322 g/mol. The number of fused-ring (bicyclic) bond motifs is 1. The van der Waals surface area contributed by atoms with Crippen molar-refractivity contribution in [3.8, 4) is 17.3 Å². The Kier molecular flexibility index (Phi) is 3.30. The Morgan fingerprint density at radius 1 is 1.23 bits per heavy atom. The minimum absolute atomic E-state index is 0.152. The first-order valence-corrected chi connectivity index (χ1v) is 6.52. The third-order valence-corrected chi connectivity index (χ3v) is 3.58. The van der Waals surface area contributed by atoms with Gasteiger partial charge in [0.25, 0.3) is 0 Å². The quantitative estimate of drug-likeness (QED) is 0.660. The number of hydrogen-bond acceptors (Lipinski definition) is 2. The van der Waals surface area contributed by atoms with Crippen LogP contribution in [-0.4, -0.2) is 9.38 Å². The van der Waals surface area contributed by atoms with Crippen molar-refractivity contribution in [3.63, 3.8) is 0 Å². The van der Waals surface area contributed by atoms with Crippen LogP contribution < -0.4 is 0 Å². The van der Waals surface area contributed by atoms with Gasteiger partial charge in [0.1, 0.15) is 6.07 Å². The van der Waals surface area contributed by atoms with Gasteiger partial charge in [-0.05, 0) is 24.3 Å². The van der Waals surface area contributed by atoms with Crippen LogP contribution in [0.5, 0.6) is 0 Å². The second-order valence-electron chi connectivity index (χ2n) is 4.58. The molecule has 0 aromatic carbocycles. The van der Waals surface area contributed by atoms with E-state index in [2.05, 4.69) is 4.98 Å². The molecule has 0 atom stereocenters. The van der Waals surface area contributed by atoms with Gasteiger partial charge >= 0.3 is 6.18 Å². The van der Waals surface area contributed by atoms with Crippen molar-refractivity contribution in [2.45, 2.75) is 6.18 Å². The summed E-state index contributed by atoms with van der Waals surface area (Å²) in [4.78, 5) is 3.94. The predicted octanol–water partition coefficient (Wildman–Crippen LogP) is 4.55. The number of hydrogen-bond donors (Lipinski definition) is 0. The lowest BCUT2D eigenvalue weighted by Crippen LogP contribution is -2.02. The van der Waals surface area contributed by atoms with E-state index >= 15 is 0 Å². The van der Waals surface area contributed by atoms with Crippen LogP contribution in [0.4, 0.5) is 13.2 Å². The van der Waals surface area contributed by atoms with Crippen LogP contribution in [0.1, 0.15) is 11.1 Å². The Bertz CT molecular complexity index is 907. The van der Waals surface area contributed by atoms with Crippen LogP contribution >= 0.6 is 11.6 Å². The van der Waals surface area contributed by atoms with Crippen LogP contribution in [0.3, 0.4) is 0 Å². The number of nitriles is 1. The number of nitrogens with zero attached hydrogens (tertiary/aromatic N) is 3. The number of alkyl halides is 3. The molecule has 0 fully saturated rings. The predicted molar refractivity (Wildman–Crippen MR) is 75.4 cm³/mol. The zero-order valence-corrected chi connectivity index (χ0v) is 11.7. The van der Waals surface area contributed by atoms with Gasteiger partial charge in [-0.3, -0.25) is 4.98 Å². The van der Waals surface area contributed by atoms with Crippen molar-refractivity contribution >= 4 is 17.1 Å². The highest BCUT2D eigenvalue weighted by Gasteiger charge is 2.32. The average Bonchev–Trinajstić information content (AvgIpc) is 2.92. The molecule has 0 N–H and O–H groups in total. The van der Waals surface area contributed by atoms with Gasteiger partial charge in [-0.15, -0.1) is 0 Å². The SMILES string of the molecule is N#Cc1ccc(-c2cnccc2Cl)n2cc(C(F)(F)F)cc12. The molecule has 22 heavy (non-hydrogen) atoms. The number of aromatic nitrogens is 2. The fourth-order valence-corrected chi connectivity index (χ4v) is 2.43. The molecule has 3 rings (SSSR count). The summed E-state index contributed by atoms with van der Waals surface area (Å²) in [6.07, 6.45) is -0.580. The molecular formula is C15H7ClF3N3. The molecular weight excluding hydrogens is 315 g/mol. The highest BCUT2D eigenvalue weighted by atomic mass is 35.5. The Labute approximate surface area is 128 Å². The summed E-state index contributed by atoms with van der Waals surface area (Å²) in [6, 6.07) is 7.41. The molecule has 110 valence electrons. The normalized spacial score (nSPS) is 11.6. The van der Waals surface area contributed by atoms with Gasteiger partial charge in [-0.25, -0.2) is 0 Å². The number of halogens is 4. The summed E-state index contributed by atoms with van der Waals surface area (Å²) in [6.45, 7) is 0. The van der Waals surface area contributed by atoms with E-state index in [4.69, 9.17) is 16.9 Å². The van der Waals surface area contributed by atoms with Gasteiger partial charge in [0.2, 0.25) is 0 Å². The molecule has 0 aliphatic rings. The zero-order valence-electron chi connectivity index (χ0n) is 10.9. The van der Waals surface area contributed by atoms with E-state index in [0.29, 0.717) is 16.3 Å². The lowest BCUT2D eigenvalue weighted by Gasteiger charge is -2.08. The smallest absolute Gasteiger partial charge is 0.315 e. The Morgan fingerprint density at radius 2 is 2.00 bits per heavy atom. The molecule has 3 heterocycles. The van der Waals surface area contributed by atoms with E-state index in [1.165, 1.54) is 22.9 Å². The van der Waals surface area contributed by atoms with Crippen LogP contribution in [0.15, 0.2) is 42.9 Å². The van der Waals surface area contributed by atoms with E-state index < -0.39 is 11.7 Å². The van der Waals surface area contributed by atoms with E-state index in [-0.39, 0.29) is 11.1 Å². The molecule has 0 spiro atoms. The zero-order chi connectivity index (χ0) is 15.9. The first-order chi connectivity index (χ1) is 10.4. The summed E-state index contributed by atoms with van der Waals surface area (Å²) in [5.41, 5.74) is 0.425. The third kappa shape index (κ3) is 2.30. The van der Waals surface area contributed by atoms with Crippen molar-refractivity contribution in [1.29, 1.82) is 5.26 Å². The summed E-state index contributed by atoms with van der Waals surface area (Å²) in [5.74, 6) is 0. The minimum Gasteiger partial charge on any atom is -0.315 e. The molecule has 0 bridgehead atoms. The molecule has 0 aliphatic heterocycles. The first kappa shape index (κ1) is 14.4. The molecule has 0 radical (unpaired) electrons. The van der Waals surface area contributed by atoms with E-state index in [0.717, 1.165) is 12.3 Å². The van der Waals surface area contributed by atoms with Gasteiger partial charge in [-0.2, -0.15) is 18.4 Å². The topological polar surface area (TPSA) is 41.1 Å². The van der Waals surface area contributed by atoms with Crippen molar-refractivity contribution < 1.29 is 13.2 Å². The van der Waals surface area contributed by atoms with Crippen LogP contribution in [-0.2, 0) is 6.18 Å². The summed E-state index contributed by atoms with van der Waals surface area (Å²) in [5, 5.41) is 9.44. The largest absolute Gasteiger partial charge is 0.417 e. The molecule has 3 aromatic heterocycles. The lowest BCUT2D eigenvalue weighted by atomic mass is 10.1. The summed E-state index contributed by atoms with van der Waals surface area (Å²) >= 11 is 6.09. The standard InChI is InChI=1S/C15H7ClF3N3/c16-12-3-4-21-7-11(12)13-2-1-9(6-20)14-5-10(8-22(13)14)15(17,18)19/h1-5,7-8H. The molecule has 0 unspecified atom stereocenters. The monoisotopic (exact) mass is 321 g/mol. The van der Waals surface area contributed by atoms with Gasteiger partial charge in [-0.1, -0.05) is 11.6 Å². The maximum Gasteiger partial charge on any atom is 0.417 e. The van der Waals surface area contributed by atoms with Gasteiger partial charge in [0.05, 0.1) is 27.4 Å². The molecule has 3 nitrogen and oxygen atoms in total. The number of rotatable bonds is 1. The summed E-state index contributed by atoms with van der Waals surface area (Å²) in [7, 11) is 0. The number of pyridine rings is 2. The van der Waals surface area contributed by atoms with Crippen LogP contribution in [0, 0.1) is 11.3 Å². The molecule has 0 amide bonds. The first-order valence-electron chi connectivity index (χ1n) is 6.14. The fourth-order valence-electron chi connectivity index (χ4n) is 2.23. The molecule has 0 saturated heterocycles. The van der Waals surface area contributed by atoms with Crippen molar-refractivity contribution in [2.24, 2.45) is 0 Å². The maximum absolute atomic E-state index is 12.9. The highest BCUT2D eigenvalue weighted by molar-refractivity contribution is 6.33. The van der Waals surface area contributed by atoms with E-state index in [1.807, 2.05) is 6.07 Å². The Balaban J connectivity index is 2.36. The molecule has 7 heteroatoms. The van der Waals surface area contributed by atoms with Gasteiger partial charge < -0.3 is 4.40 Å². The van der Waals surface area contributed by atoms with Crippen LogP contribution in [0.2, 0.25) is 5.02 Å². The van der Waals surface area contributed by atoms with Crippen molar-refractivity contribution in [1.82, 2.24) is 9.38 Å². The fraction of sp³-hybridized carbons (Fsp3) is 0.0667.